The second-order valence-electron chi connectivity index (χ2n) is 24.5. The van der Waals surface area contributed by atoms with Crippen molar-refractivity contribution in [2.75, 3.05) is 82.3 Å². The highest BCUT2D eigenvalue weighted by Crippen LogP contribution is 2.43. The molecule has 21 nitrogen and oxygen atoms in total. The number of hydrogen-bond acceptors (Lipinski definition) is 19. The van der Waals surface area contributed by atoms with Gasteiger partial charge in [-0.25, -0.2) is 42.5 Å². The number of aromatic amines is 1. The zero-order valence-electron chi connectivity index (χ0n) is 48.9. The number of sulfone groups is 1. The number of carbonyl (C=O) groups excluding carboxylic acids is 3. The average Bonchev–Trinajstić information content (AvgIpc) is 3.77. The van der Waals surface area contributed by atoms with E-state index in [9.17, 15) is 27.2 Å². The summed E-state index contributed by atoms with van der Waals surface area (Å²) < 4.78 is 58.5. The molecule has 0 aliphatic carbocycles. The molecule has 3 atom stereocenters. The number of nitrogens with zero attached hydrogens (tertiary/aromatic N) is 11. The standard InChI is InChI=1S/C59H76FN13O8S2/c1-37-31-71(34-50(74)72-20-10-11-47(72)54-65-46(35-82-54)51(75)40-12-14-41(60)15-13-40)42(33-73(37)56(76)81-57(4,5)6)32-69-21-16-59(17-22-69)18-23-70(24-19-59)55-61-29-43(30-62-55)79-25-26-80-48-28-45-44(27-49(48)83(77,78)58(7,8)9)53(64-36-63-45)66-52-38(2)39(3)67-68-52/h12-15,27-30,35-37,42,47H,10-11,16-26,31-34H2,1-9H3,(H2,63,64,66,67,68)/t37-,42-,47-/m0/s1. The van der Waals surface area contributed by atoms with Crippen LogP contribution in [-0.4, -0.2) is 175 Å². The summed E-state index contributed by atoms with van der Waals surface area (Å²) in [6, 6.07) is 8.07. The number of aromatic nitrogens is 7. The Labute approximate surface area is 488 Å². The smallest absolute Gasteiger partial charge is 0.410 e. The molecule has 24 heteroatoms. The number of carbonyl (C=O) groups is 3. The highest BCUT2D eigenvalue weighted by atomic mass is 32.2. The van der Waals surface area contributed by atoms with Crippen molar-refractivity contribution < 1.29 is 41.4 Å². The number of amides is 2. The SMILES string of the molecule is Cc1[nH]nc(Nc2ncnc3cc(OCCOc4cnc(N5CCC6(CCN(C[C@H]7CN(C(=O)OC(C)(C)C)[C@@H](C)CN7CC(=O)N7CCC[C@H]7c7nc(C(=O)c8ccc(F)cc8)cs7)CC6)CC5)nc4)c(S(=O)(=O)C(C)(C)C)cc23)c1C. The summed E-state index contributed by atoms with van der Waals surface area (Å²) in [4.78, 5) is 74.9. The lowest BCUT2D eigenvalue weighted by Crippen LogP contribution is -2.63. The summed E-state index contributed by atoms with van der Waals surface area (Å²) in [7, 11) is -3.88. The number of anilines is 3. The van der Waals surface area contributed by atoms with E-state index in [0.717, 1.165) is 76.0 Å². The van der Waals surface area contributed by atoms with E-state index in [1.807, 2.05) is 51.3 Å². The van der Waals surface area contributed by atoms with Gasteiger partial charge in [-0.2, -0.15) is 5.10 Å². The fourth-order valence-corrected chi connectivity index (χ4v) is 13.8. The van der Waals surface area contributed by atoms with Crippen molar-refractivity contribution in [3.63, 3.8) is 0 Å². The third-order valence-electron chi connectivity index (χ3n) is 16.6. The molecule has 4 aromatic heterocycles. The Morgan fingerprint density at radius 1 is 0.867 bits per heavy atom. The summed E-state index contributed by atoms with van der Waals surface area (Å²) in [6.07, 6.45) is 9.99. The summed E-state index contributed by atoms with van der Waals surface area (Å²) >= 11 is 1.37. The maximum atomic E-state index is 14.4. The molecule has 0 saturated carbocycles. The minimum absolute atomic E-state index is 0.00155. The van der Waals surface area contributed by atoms with Crippen LogP contribution in [0.1, 0.15) is 125 Å². The van der Waals surface area contributed by atoms with Gasteiger partial charge in [-0.15, -0.1) is 11.3 Å². The average molecular weight is 1180 g/mol. The molecule has 444 valence electrons. The zero-order valence-corrected chi connectivity index (χ0v) is 50.5. The second kappa shape index (κ2) is 24.0. The largest absolute Gasteiger partial charge is 0.489 e. The van der Waals surface area contributed by atoms with E-state index in [4.69, 9.17) is 19.2 Å². The van der Waals surface area contributed by atoms with E-state index in [0.29, 0.717) is 71.0 Å². The highest BCUT2D eigenvalue weighted by Gasteiger charge is 2.43. The monoisotopic (exact) mass is 1180 g/mol. The first-order valence-electron chi connectivity index (χ1n) is 28.6. The van der Waals surface area contributed by atoms with Gasteiger partial charge in [0, 0.05) is 85.0 Å². The van der Waals surface area contributed by atoms with Crippen LogP contribution in [0.2, 0.25) is 0 Å². The number of piperidine rings is 2. The number of fused-ring (bicyclic) bond motifs is 1. The van der Waals surface area contributed by atoms with Crippen molar-refractivity contribution in [3.05, 3.63) is 93.8 Å². The zero-order chi connectivity index (χ0) is 59.0. The van der Waals surface area contributed by atoms with Gasteiger partial charge in [0.15, 0.2) is 21.4 Å². The molecule has 0 bridgehead atoms. The van der Waals surface area contributed by atoms with Crippen molar-refractivity contribution >= 4 is 67.4 Å². The third-order valence-corrected chi connectivity index (χ3v) is 20.1. The highest BCUT2D eigenvalue weighted by molar-refractivity contribution is 7.92. The summed E-state index contributed by atoms with van der Waals surface area (Å²) in [5, 5.41) is 13.4. The van der Waals surface area contributed by atoms with Crippen LogP contribution in [0.25, 0.3) is 10.9 Å². The molecule has 83 heavy (non-hydrogen) atoms. The van der Waals surface area contributed by atoms with Crippen LogP contribution in [-0.2, 0) is 19.4 Å². The van der Waals surface area contributed by atoms with Crippen LogP contribution in [0.3, 0.4) is 0 Å². The fourth-order valence-electron chi connectivity index (χ4n) is 11.5. The number of halogens is 1. The number of benzene rings is 2. The minimum atomic E-state index is -3.88. The van der Waals surface area contributed by atoms with Crippen LogP contribution < -0.4 is 19.7 Å². The summed E-state index contributed by atoms with van der Waals surface area (Å²) in [5.74, 6) is 1.54. The first-order chi connectivity index (χ1) is 39.4. The van der Waals surface area contributed by atoms with E-state index in [1.165, 1.54) is 41.9 Å². The van der Waals surface area contributed by atoms with Crippen molar-refractivity contribution in [1.29, 1.82) is 0 Å². The van der Waals surface area contributed by atoms with Crippen LogP contribution >= 0.6 is 11.3 Å². The molecular weight excluding hydrogens is 1100 g/mol. The Kier molecular flexibility index (Phi) is 17.1. The Balaban J connectivity index is 0.726. The number of piperazine rings is 1. The third kappa shape index (κ3) is 13.2. The van der Waals surface area contributed by atoms with Gasteiger partial charge < -0.3 is 39.1 Å². The van der Waals surface area contributed by atoms with E-state index < -0.39 is 26.0 Å². The number of H-pyrrole nitrogens is 1. The topological polar surface area (TPSA) is 234 Å². The van der Waals surface area contributed by atoms with E-state index >= 15 is 0 Å². The molecule has 10 rings (SSSR count). The van der Waals surface area contributed by atoms with Crippen molar-refractivity contribution in [2.45, 2.75) is 134 Å². The van der Waals surface area contributed by atoms with Crippen LogP contribution in [0, 0.1) is 25.1 Å². The van der Waals surface area contributed by atoms with E-state index in [1.54, 1.807) is 50.7 Å². The van der Waals surface area contributed by atoms with Crippen LogP contribution in [0.5, 0.6) is 11.5 Å². The number of thiazole rings is 1. The Hall–Kier alpha value is -6.89. The number of aryl methyl sites for hydroxylation is 1. The number of likely N-dealkylation sites (tertiary alicyclic amines) is 2. The Morgan fingerprint density at radius 3 is 2.24 bits per heavy atom. The number of ether oxygens (including phenoxy) is 3. The van der Waals surface area contributed by atoms with E-state index in [-0.39, 0.29) is 77.4 Å². The lowest BCUT2D eigenvalue weighted by molar-refractivity contribution is -0.135. The maximum Gasteiger partial charge on any atom is 0.410 e. The molecule has 4 fully saturated rings. The first-order valence-corrected chi connectivity index (χ1v) is 31.0. The molecule has 4 saturated heterocycles. The molecule has 6 aromatic rings. The van der Waals surface area contributed by atoms with Crippen molar-refractivity contribution in [3.8, 4) is 11.5 Å². The molecule has 0 radical (unpaired) electrons. The number of nitrogens with one attached hydrogen (secondary N) is 2. The number of rotatable bonds is 16. The normalized spacial score (nSPS) is 20.0. The van der Waals surface area contributed by atoms with Gasteiger partial charge in [0.2, 0.25) is 17.6 Å². The number of ketones is 1. The van der Waals surface area contributed by atoms with Gasteiger partial charge in [0.1, 0.15) is 58.1 Å². The predicted molar refractivity (Wildman–Crippen MR) is 314 cm³/mol. The fraction of sp³-hybridized carbons (Fsp3) is 0.542. The summed E-state index contributed by atoms with van der Waals surface area (Å²) in [6.45, 7) is 22.4. The molecule has 2 aromatic carbocycles. The van der Waals surface area contributed by atoms with Crippen LogP contribution in [0.15, 0.2) is 65.4 Å². The predicted octanol–water partition coefficient (Wildman–Crippen LogP) is 8.72. The Morgan fingerprint density at radius 2 is 1.57 bits per heavy atom. The summed E-state index contributed by atoms with van der Waals surface area (Å²) in [5.41, 5.74) is 2.47. The molecule has 4 aliphatic heterocycles. The van der Waals surface area contributed by atoms with Crippen molar-refractivity contribution in [2.24, 2.45) is 5.41 Å². The molecule has 0 unspecified atom stereocenters. The molecule has 1 spiro atoms. The van der Waals surface area contributed by atoms with Gasteiger partial charge in [-0.05, 0) is 150 Å². The van der Waals surface area contributed by atoms with E-state index in [2.05, 4.69) is 50.1 Å². The van der Waals surface area contributed by atoms with Crippen LogP contribution in [0.4, 0.5) is 26.8 Å². The lowest BCUT2D eigenvalue weighted by atomic mass is 9.71. The molecule has 2 N–H and O–H groups in total. The van der Waals surface area contributed by atoms with Crippen molar-refractivity contribution in [1.82, 2.24) is 54.7 Å². The van der Waals surface area contributed by atoms with Gasteiger partial charge in [0.05, 0.1) is 35.2 Å². The maximum absolute atomic E-state index is 14.4. The lowest BCUT2D eigenvalue weighted by Gasteiger charge is -2.50. The Bertz CT molecular complexity index is 3420. The molecule has 4 aliphatic rings. The quantitative estimate of drug-likeness (QED) is 0.0681. The number of hydrogen-bond donors (Lipinski definition) is 2. The molecular formula is C59H76FN13O8S2. The second-order valence-corrected chi connectivity index (χ2v) is 28.1. The molecule has 8 heterocycles. The first kappa shape index (κ1) is 59.3. The molecule has 2 amide bonds. The van der Waals surface area contributed by atoms with Gasteiger partial charge in [0.25, 0.3) is 0 Å². The van der Waals surface area contributed by atoms with Gasteiger partial charge >= 0.3 is 6.09 Å². The van der Waals surface area contributed by atoms with Gasteiger partial charge in [-0.1, -0.05) is 0 Å². The minimum Gasteiger partial charge on any atom is -0.489 e. The van der Waals surface area contributed by atoms with Gasteiger partial charge in [-0.3, -0.25) is 19.6 Å².